The molecule has 0 radical (unpaired) electrons. The summed E-state index contributed by atoms with van der Waals surface area (Å²) in [5.41, 5.74) is 0.646. The molecule has 2 nitrogen and oxygen atoms in total. The van der Waals surface area contributed by atoms with Gasteiger partial charge in [-0.2, -0.15) is 0 Å². The highest BCUT2D eigenvalue weighted by atomic mass is 32.1. The molecule has 0 fully saturated rings. The minimum Gasteiger partial charge on any atom is -0.391 e. The molecular weight excluding hydrogens is 148 g/mol. The molecule has 0 aliphatic rings. The van der Waals surface area contributed by atoms with Crippen LogP contribution in [0.3, 0.4) is 0 Å². The second-order valence-electron chi connectivity index (χ2n) is 1.97. The van der Waals surface area contributed by atoms with E-state index in [0.29, 0.717) is 5.56 Å². The molecule has 0 unspecified atom stereocenters. The lowest BCUT2D eigenvalue weighted by atomic mass is 10.2. The number of carbonyl (C=O) groups is 1. The first kappa shape index (κ1) is 7.44. The van der Waals surface area contributed by atoms with Crippen molar-refractivity contribution in [1.29, 1.82) is 0 Å². The Morgan fingerprint density at radius 1 is 1.80 bits per heavy atom. The van der Waals surface area contributed by atoms with Gasteiger partial charge in [-0.15, -0.1) is 11.3 Å². The van der Waals surface area contributed by atoms with Crippen LogP contribution in [0.1, 0.15) is 22.2 Å². The monoisotopic (exact) mass is 156 g/mol. The molecular formula is C7H8O2S. The van der Waals surface area contributed by atoms with Crippen molar-refractivity contribution in [3.8, 4) is 0 Å². The molecule has 1 N–H and O–H groups in total. The number of hydrogen-bond donors (Lipinski definition) is 1. The molecule has 0 aliphatic heterocycles. The molecule has 0 saturated carbocycles. The molecule has 0 atom stereocenters. The molecule has 54 valence electrons. The Hall–Kier alpha value is -0.670. The summed E-state index contributed by atoms with van der Waals surface area (Å²) in [5.74, 6) is 0.0188. The summed E-state index contributed by atoms with van der Waals surface area (Å²) in [4.78, 5) is 11.5. The van der Waals surface area contributed by atoms with Crippen LogP contribution in [0.2, 0.25) is 0 Å². The molecule has 0 bridgehead atoms. The van der Waals surface area contributed by atoms with Gasteiger partial charge in [0.2, 0.25) is 0 Å². The van der Waals surface area contributed by atoms with Gasteiger partial charge >= 0.3 is 0 Å². The van der Waals surface area contributed by atoms with Crippen LogP contribution in [0.4, 0.5) is 0 Å². The molecule has 10 heavy (non-hydrogen) atoms. The summed E-state index contributed by atoms with van der Waals surface area (Å²) < 4.78 is 0. The summed E-state index contributed by atoms with van der Waals surface area (Å²) in [6.07, 6.45) is 0. The third kappa shape index (κ3) is 1.25. The third-order valence-electron chi connectivity index (χ3n) is 1.27. The number of carbonyl (C=O) groups excluding carboxylic acids is 1. The summed E-state index contributed by atoms with van der Waals surface area (Å²) in [7, 11) is 0. The predicted molar refractivity (Wildman–Crippen MR) is 40.2 cm³/mol. The van der Waals surface area contributed by atoms with Gasteiger partial charge in [0.1, 0.15) is 0 Å². The van der Waals surface area contributed by atoms with E-state index in [0.717, 1.165) is 4.88 Å². The standard InChI is InChI=1S/C7H8O2S/c1-5(9)6-2-3-10-7(6)4-8/h2-3,8H,4H2,1H3. The highest BCUT2D eigenvalue weighted by Gasteiger charge is 2.05. The van der Waals surface area contributed by atoms with Gasteiger partial charge in [0, 0.05) is 10.4 Å². The van der Waals surface area contributed by atoms with Crippen molar-refractivity contribution in [3.63, 3.8) is 0 Å². The van der Waals surface area contributed by atoms with Crippen LogP contribution in [0, 0.1) is 0 Å². The van der Waals surface area contributed by atoms with Crippen molar-refractivity contribution < 1.29 is 9.90 Å². The molecule has 1 heterocycles. The van der Waals surface area contributed by atoms with Crippen LogP contribution in [0.5, 0.6) is 0 Å². The third-order valence-corrected chi connectivity index (χ3v) is 2.17. The van der Waals surface area contributed by atoms with Gasteiger partial charge in [0.25, 0.3) is 0 Å². The first-order valence-electron chi connectivity index (χ1n) is 2.94. The maximum Gasteiger partial charge on any atom is 0.161 e. The SMILES string of the molecule is CC(=O)c1ccsc1CO. The van der Waals surface area contributed by atoms with Gasteiger partial charge in [-0.05, 0) is 18.4 Å². The Bertz CT molecular complexity index is 240. The fraction of sp³-hybridized carbons (Fsp3) is 0.286. The normalized spacial score (nSPS) is 9.80. The zero-order valence-electron chi connectivity index (χ0n) is 5.63. The highest BCUT2D eigenvalue weighted by Crippen LogP contribution is 2.16. The van der Waals surface area contributed by atoms with Gasteiger partial charge in [-0.1, -0.05) is 0 Å². The topological polar surface area (TPSA) is 37.3 Å². The summed E-state index contributed by atoms with van der Waals surface area (Å²) in [6, 6.07) is 1.73. The molecule has 0 spiro atoms. The second-order valence-corrected chi connectivity index (χ2v) is 2.97. The number of aliphatic hydroxyl groups excluding tert-OH is 1. The molecule has 0 aliphatic carbocycles. The highest BCUT2D eigenvalue weighted by molar-refractivity contribution is 7.10. The lowest BCUT2D eigenvalue weighted by Crippen LogP contribution is -1.93. The van der Waals surface area contributed by atoms with Crippen molar-refractivity contribution in [1.82, 2.24) is 0 Å². The number of aliphatic hydroxyl groups is 1. The van der Waals surface area contributed by atoms with E-state index in [4.69, 9.17) is 5.11 Å². The maximum absolute atomic E-state index is 10.8. The van der Waals surface area contributed by atoms with E-state index in [2.05, 4.69) is 0 Å². The van der Waals surface area contributed by atoms with Crippen molar-refractivity contribution in [2.45, 2.75) is 13.5 Å². The average Bonchev–Trinajstić information content (AvgIpc) is 2.33. The van der Waals surface area contributed by atoms with Gasteiger partial charge in [-0.3, -0.25) is 4.79 Å². The smallest absolute Gasteiger partial charge is 0.161 e. The van der Waals surface area contributed by atoms with E-state index in [1.165, 1.54) is 18.3 Å². The Balaban J connectivity index is 3.01. The Kier molecular flexibility index (Phi) is 2.19. The largest absolute Gasteiger partial charge is 0.391 e. The lowest BCUT2D eigenvalue weighted by Gasteiger charge is -1.92. The zero-order valence-corrected chi connectivity index (χ0v) is 6.44. The van der Waals surface area contributed by atoms with Crippen LogP contribution in [0.25, 0.3) is 0 Å². The molecule has 0 amide bonds. The molecule has 3 heteroatoms. The number of thiophene rings is 1. The van der Waals surface area contributed by atoms with E-state index in [1.807, 2.05) is 5.38 Å². The van der Waals surface area contributed by atoms with E-state index >= 15 is 0 Å². The van der Waals surface area contributed by atoms with Gasteiger partial charge < -0.3 is 5.11 Å². The minimum absolute atomic E-state index is 0.0188. The first-order valence-corrected chi connectivity index (χ1v) is 3.82. The molecule has 1 aromatic rings. The van der Waals surface area contributed by atoms with Crippen LogP contribution in [-0.2, 0) is 6.61 Å². The van der Waals surface area contributed by atoms with E-state index in [1.54, 1.807) is 6.07 Å². The fourth-order valence-corrected chi connectivity index (χ4v) is 1.56. The maximum atomic E-state index is 10.8. The Labute approximate surface area is 63.1 Å². The van der Waals surface area contributed by atoms with Crippen LogP contribution in [0.15, 0.2) is 11.4 Å². The fourth-order valence-electron chi connectivity index (χ4n) is 0.777. The first-order chi connectivity index (χ1) is 4.75. The average molecular weight is 156 g/mol. The van der Waals surface area contributed by atoms with Crippen molar-refractivity contribution in [2.75, 3.05) is 0 Å². The van der Waals surface area contributed by atoms with E-state index < -0.39 is 0 Å². The lowest BCUT2D eigenvalue weighted by molar-refractivity contribution is 0.101. The summed E-state index contributed by atoms with van der Waals surface area (Å²) >= 11 is 1.41. The van der Waals surface area contributed by atoms with Crippen LogP contribution in [-0.4, -0.2) is 10.9 Å². The summed E-state index contributed by atoms with van der Waals surface area (Å²) in [6.45, 7) is 1.47. The van der Waals surface area contributed by atoms with Crippen molar-refractivity contribution in [3.05, 3.63) is 21.9 Å². The Morgan fingerprint density at radius 3 is 2.90 bits per heavy atom. The zero-order chi connectivity index (χ0) is 7.56. The minimum atomic E-state index is -0.0351. The predicted octanol–water partition coefficient (Wildman–Crippen LogP) is 1.44. The van der Waals surface area contributed by atoms with E-state index in [-0.39, 0.29) is 12.4 Å². The van der Waals surface area contributed by atoms with Crippen molar-refractivity contribution in [2.24, 2.45) is 0 Å². The Morgan fingerprint density at radius 2 is 2.50 bits per heavy atom. The van der Waals surface area contributed by atoms with Crippen LogP contribution >= 0.6 is 11.3 Å². The van der Waals surface area contributed by atoms with E-state index in [9.17, 15) is 4.79 Å². The number of hydrogen-bond acceptors (Lipinski definition) is 3. The second kappa shape index (κ2) is 2.94. The number of Topliss-reactive ketones (excluding diaryl/α,β-unsaturated/α-hetero) is 1. The number of ketones is 1. The quantitative estimate of drug-likeness (QED) is 0.658. The summed E-state index contributed by atoms with van der Waals surface area (Å²) in [5, 5.41) is 10.5. The van der Waals surface area contributed by atoms with Crippen molar-refractivity contribution >= 4 is 17.1 Å². The van der Waals surface area contributed by atoms with Gasteiger partial charge in [0.15, 0.2) is 5.78 Å². The molecule has 0 saturated heterocycles. The van der Waals surface area contributed by atoms with Gasteiger partial charge in [-0.25, -0.2) is 0 Å². The molecule has 1 aromatic heterocycles. The molecule has 0 aromatic carbocycles. The molecule has 1 rings (SSSR count). The van der Waals surface area contributed by atoms with Gasteiger partial charge in [0.05, 0.1) is 6.61 Å². The number of rotatable bonds is 2. The van der Waals surface area contributed by atoms with Crippen LogP contribution < -0.4 is 0 Å².